The van der Waals surface area contributed by atoms with Crippen molar-refractivity contribution in [1.29, 1.82) is 0 Å². The monoisotopic (exact) mass is 285 g/mol. The van der Waals surface area contributed by atoms with Crippen LogP contribution in [0.4, 0.5) is 0 Å². The fourth-order valence-electron chi connectivity index (χ4n) is 1.43. The minimum Gasteiger partial charge on any atom is -0.396 e. The molecule has 1 rings (SSSR count). The van der Waals surface area contributed by atoms with E-state index in [1.165, 1.54) is 5.56 Å². The van der Waals surface area contributed by atoms with Crippen molar-refractivity contribution in [2.75, 3.05) is 13.2 Å². The quantitative estimate of drug-likeness (QED) is 0.842. The number of aliphatic hydroxyl groups is 1. The zero-order valence-corrected chi connectivity index (χ0v) is 11.5. The minimum atomic E-state index is -0.0126. The van der Waals surface area contributed by atoms with Gasteiger partial charge in [-0.2, -0.15) is 0 Å². The van der Waals surface area contributed by atoms with Gasteiger partial charge in [0, 0.05) is 29.6 Å². The maximum atomic E-state index is 9.29. The molecule has 0 saturated heterocycles. The normalized spacial score (nSPS) is 14.8. The molecule has 90 valence electrons. The molecule has 3 heteroatoms. The topological polar surface area (TPSA) is 32.3 Å². The highest BCUT2D eigenvalue weighted by atomic mass is 79.9. The van der Waals surface area contributed by atoms with Crippen LogP contribution in [0.1, 0.15) is 25.8 Å². The molecule has 0 fully saturated rings. The van der Waals surface area contributed by atoms with E-state index in [0.717, 1.165) is 24.0 Å². The highest BCUT2D eigenvalue weighted by molar-refractivity contribution is 9.10. The second-order valence-corrected chi connectivity index (χ2v) is 5.37. The number of benzene rings is 1. The van der Waals surface area contributed by atoms with Gasteiger partial charge in [-0.1, -0.05) is 48.0 Å². The summed E-state index contributed by atoms with van der Waals surface area (Å²) in [5, 5.41) is 12.7. The van der Waals surface area contributed by atoms with Crippen LogP contribution in [0.2, 0.25) is 0 Å². The number of nitrogens with one attached hydrogen (secondary N) is 1. The van der Waals surface area contributed by atoms with E-state index >= 15 is 0 Å². The Morgan fingerprint density at radius 2 is 2.06 bits per heavy atom. The molecule has 0 aliphatic heterocycles. The zero-order valence-electron chi connectivity index (χ0n) is 9.96. The van der Waals surface area contributed by atoms with E-state index in [9.17, 15) is 5.11 Å². The van der Waals surface area contributed by atoms with Crippen LogP contribution in [-0.2, 0) is 6.54 Å². The molecule has 0 bridgehead atoms. The summed E-state index contributed by atoms with van der Waals surface area (Å²) in [5.74, 6) is 0. The number of aliphatic hydroxyl groups excluding tert-OH is 1. The molecule has 2 nitrogen and oxygen atoms in total. The summed E-state index contributed by atoms with van der Waals surface area (Å²) in [7, 11) is 0. The Kier molecular flexibility index (Phi) is 5.46. The average Bonchev–Trinajstić information content (AvgIpc) is 2.31. The molecule has 0 radical (unpaired) electrons. The lowest BCUT2D eigenvalue weighted by Crippen LogP contribution is -2.34. The second-order valence-electron chi connectivity index (χ2n) is 4.52. The lowest BCUT2D eigenvalue weighted by molar-refractivity contribution is 0.135. The fourth-order valence-corrected chi connectivity index (χ4v) is 1.86. The molecule has 16 heavy (non-hydrogen) atoms. The first kappa shape index (κ1) is 13.7. The van der Waals surface area contributed by atoms with E-state index in [2.05, 4.69) is 41.2 Å². The highest BCUT2D eigenvalue weighted by Gasteiger charge is 2.20. The van der Waals surface area contributed by atoms with Crippen molar-refractivity contribution < 1.29 is 5.11 Å². The standard InChI is InChI=1S/C13H20BrNO/c1-3-13(2,10-16)9-15-8-11-6-4-5-7-12(11)14/h4-7,15-16H,3,8-10H2,1-2H3. The average molecular weight is 286 g/mol. The molecule has 0 amide bonds. The molecule has 1 atom stereocenters. The van der Waals surface area contributed by atoms with Gasteiger partial charge < -0.3 is 10.4 Å². The van der Waals surface area contributed by atoms with Gasteiger partial charge in [-0.05, 0) is 18.1 Å². The van der Waals surface area contributed by atoms with Gasteiger partial charge in [0.25, 0.3) is 0 Å². The third-order valence-corrected chi connectivity index (χ3v) is 3.83. The van der Waals surface area contributed by atoms with E-state index in [4.69, 9.17) is 0 Å². The lowest BCUT2D eigenvalue weighted by atomic mass is 9.88. The highest BCUT2D eigenvalue weighted by Crippen LogP contribution is 2.19. The van der Waals surface area contributed by atoms with Gasteiger partial charge in [0.15, 0.2) is 0 Å². The largest absolute Gasteiger partial charge is 0.396 e. The smallest absolute Gasteiger partial charge is 0.0496 e. The van der Waals surface area contributed by atoms with Gasteiger partial charge in [0.05, 0.1) is 0 Å². The second kappa shape index (κ2) is 6.38. The van der Waals surface area contributed by atoms with Crippen molar-refractivity contribution in [1.82, 2.24) is 5.32 Å². The van der Waals surface area contributed by atoms with E-state index in [1.54, 1.807) is 0 Å². The summed E-state index contributed by atoms with van der Waals surface area (Å²) in [6.45, 7) is 6.10. The Bertz CT molecular complexity index is 323. The van der Waals surface area contributed by atoms with Crippen LogP contribution >= 0.6 is 15.9 Å². The van der Waals surface area contributed by atoms with Crippen LogP contribution in [0.3, 0.4) is 0 Å². The van der Waals surface area contributed by atoms with Crippen LogP contribution in [0.25, 0.3) is 0 Å². The zero-order chi connectivity index (χ0) is 12.0. The third-order valence-electron chi connectivity index (χ3n) is 3.06. The number of rotatable bonds is 6. The first-order chi connectivity index (χ1) is 7.61. The van der Waals surface area contributed by atoms with Gasteiger partial charge in [-0.25, -0.2) is 0 Å². The van der Waals surface area contributed by atoms with Gasteiger partial charge in [-0.3, -0.25) is 0 Å². The van der Waals surface area contributed by atoms with Crippen LogP contribution in [0, 0.1) is 5.41 Å². The number of hydrogen-bond acceptors (Lipinski definition) is 2. The van der Waals surface area contributed by atoms with Crippen molar-refractivity contribution in [3.05, 3.63) is 34.3 Å². The summed E-state index contributed by atoms with van der Waals surface area (Å²) >= 11 is 3.52. The fraction of sp³-hybridized carbons (Fsp3) is 0.538. The molecule has 0 spiro atoms. The number of halogens is 1. The Balaban J connectivity index is 2.44. The van der Waals surface area contributed by atoms with Crippen LogP contribution in [0.15, 0.2) is 28.7 Å². The van der Waals surface area contributed by atoms with Crippen LogP contribution in [0.5, 0.6) is 0 Å². The van der Waals surface area contributed by atoms with Crippen LogP contribution < -0.4 is 5.32 Å². The summed E-state index contributed by atoms with van der Waals surface area (Å²) < 4.78 is 1.13. The van der Waals surface area contributed by atoms with Gasteiger partial charge in [0.2, 0.25) is 0 Å². The van der Waals surface area contributed by atoms with Gasteiger partial charge >= 0.3 is 0 Å². The molecular formula is C13H20BrNO. The summed E-state index contributed by atoms with van der Waals surface area (Å²) in [6, 6.07) is 8.19. The predicted molar refractivity (Wildman–Crippen MR) is 71.3 cm³/mol. The van der Waals surface area contributed by atoms with Crippen LogP contribution in [-0.4, -0.2) is 18.3 Å². The molecule has 1 aromatic carbocycles. The maximum absolute atomic E-state index is 9.29. The molecule has 1 aromatic rings. The van der Waals surface area contributed by atoms with Crippen molar-refractivity contribution in [2.45, 2.75) is 26.8 Å². The molecule has 2 N–H and O–H groups in total. The van der Waals surface area contributed by atoms with E-state index < -0.39 is 0 Å². The SMILES string of the molecule is CCC(C)(CO)CNCc1ccccc1Br. The Labute approximate surface area is 106 Å². The molecule has 0 aliphatic carbocycles. The summed E-state index contributed by atoms with van der Waals surface area (Å²) in [5.41, 5.74) is 1.24. The Morgan fingerprint density at radius 3 is 2.62 bits per heavy atom. The van der Waals surface area contributed by atoms with Crippen molar-refractivity contribution in [3.63, 3.8) is 0 Å². The van der Waals surface area contributed by atoms with Gasteiger partial charge in [0.1, 0.15) is 0 Å². The Hall–Kier alpha value is -0.380. The van der Waals surface area contributed by atoms with Gasteiger partial charge in [-0.15, -0.1) is 0 Å². The van der Waals surface area contributed by atoms with E-state index in [1.807, 2.05) is 18.2 Å². The van der Waals surface area contributed by atoms with Crippen molar-refractivity contribution >= 4 is 15.9 Å². The molecule has 1 unspecified atom stereocenters. The molecule has 0 aliphatic rings. The Morgan fingerprint density at radius 1 is 1.38 bits per heavy atom. The first-order valence-corrected chi connectivity index (χ1v) is 6.45. The predicted octanol–water partition coefficient (Wildman–Crippen LogP) is 2.95. The number of hydrogen-bond donors (Lipinski definition) is 2. The molecular weight excluding hydrogens is 266 g/mol. The van der Waals surface area contributed by atoms with E-state index in [-0.39, 0.29) is 12.0 Å². The molecule has 0 heterocycles. The van der Waals surface area contributed by atoms with Crippen molar-refractivity contribution in [2.24, 2.45) is 5.41 Å². The third kappa shape index (κ3) is 3.89. The lowest BCUT2D eigenvalue weighted by Gasteiger charge is -2.26. The molecule has 0 saturated carbocycles. The first-order valence-electron chi connectivity index (χ1n) is 5.66. The van der Waals surface area contributed by atoms with E-state index in [0.29, 0.717) is 0 Å². The maximum Gasteiger partial charge on any atom is 0.0496 e. The molecule has 0 aromatic heterocycles. The summed E-state index contributed by atoms with van der Waals surface area (Å²) in [6.07, 6.45) is 0.979. The summed E-state index contributed by atoms with van der Waals surface area (Å²) in [4.78, 5) is 0. The van der Waals surface area contributed by atoms with Crippen molar-refractivity contribution in [3.8, 4) is 0 Å². The minimum absolute atomic E-state index is 0.0126.